The lowest BCUT2D eigenvalue weighted by Gasteiger charge is -2.17. The van der Waals surface area contributed by atoms with Gasteiger partial charge in [-0.15, -0.1) is 0 Å². The number of carboxylic acid groups (broad SMARTS) is 1. The van der Waals surface area contributed by atoms with Gasteiger partial charge in [0.1, 0.15) is 5.75 Å². The van der Waals surface area contributed by atoms with Crippen LogP contribution in [0.15, 0.2) is 24.3 Å². The van der Waals surface area contributed by atoms with Crippen LogP contribution in [0.25, 0.3) is 0 Å². The SMILES string of the molecule is CCCOc1ccc(C(O)C(C)CC(=O)O)cc1. The monoisotopic (exact) mass is 252 g/mol. The lowest BCUT2D eigenvalue weighted by Crippen LogP contribution is -2.13. The van der Waals surface area contributed by atoms with Gasteiger partial charge < -0.3 is 14.9 Å². The van der Waals surface area contributed by atoms with Crippen LogP contribution < -0.4 is 4.74 Å². The fourth-order valence-electron chi connectivity index (χ4n) is 1.70. The molecule has 0 amide bonds. The van der Waals surface area contributed by atoms with Crippen molar-refractivity contribution in [3.05, 3.63) is 29.8 Å². The van der Waals surface area contributed by atoms with Crippen LogP contribution in [0.2, 0.25) is 0 Å². The van der Waals surface area contributed by atoms with E-state index in [2.05, 4.69) is 0 Å². The highest BCUT2D eigenvalue weighted by molar-refractivity contribution is 5.67. The van der Waals surface area contributed by atoms with E-state index in [1.807, 2.05) is 6.92 Å². The molecule has 0 saturated heterocycles. The second-order valence-corrected chi connectivity index (χ2v) is 4.44. The molecule has 1 aromatic rings. The minimum atomic E-state index is -0.899. The van der Waals surface area contributed by atoms with Crippen molar-refractivity contribution in [1.29, 1.82) is 0 Å². The highest BCUT2D eigenvalue weighted by Crippen LogP contribution is 2.25. The molecule has 0 heterocycles. The minimum absolute atomic E-state index is 0.0464. The Bertz CT molecular complexity index is 372. The molecule has 0 aromatic heterocycles. The van der Waals surface area contributed by atoms with Crippen molar-refractivity contribution < 1.29 is 19.7 Å². The molecular weight excluding hydrogens is 232 g/mol. The van der Waals surface area contributed by atoms with Crippen LogP contribution in [-0.2, 0) is 4.79 Å². The Morgan fingerprint density at radius 3 is 2.44 bits per heavy atom. The first-order chi connectivity index (χ1) is 8.54. The van der Waals surface area contributed by atoms with Crippen molar-refractivity contribution in [3.8, 4) is 5.75 Å². The first-order valence-electron chi connectivity index (χ1n) is 6.17. The fourth-order valence-corrected chi connectivity index (χ4v) is 1.70. The number of aliphatic hydroxyl groups excluding tert-OH is 1. The third-order valence-corrected chi connectivity index (χ3v) is 2.73. The molecule has 1 aromatic carbocycles. The molecule has 0 aliphatic heterocycles. The molecule has 18 heavy (non-hydrogen) atoms. The van der Waals surface area contributed by atoms with Gasteiger partial charge >= 0.3 is 5.97 Å². The zero-order valence-electron chi connectivity index (χ0n) is 10.8. The standard InChI is InChI=1S/C14H20O4/c1-3-8-18-12-6-4-11(5-7-12)14(17)10(2)9-13(15)16/h4-7,10,14,17H,3,8-9H2,1-2H3,(H,15,16). The zero-order valence-corrected chi connectivity index (χ0v) is 10.8. The van der Waals surface area contributed by atoms with E-state index in [4.69, 9.17) is 9.84 Å². The Morgan fingerprint density at radius 1 is 1.33 bits per heavy atom. The average Bonchev–Trinajstić information content (AvgIpc) is 2.35. The molecule has 0 aliphatic rings. The summed E-state index contributed by atoms with van der Waals surface area (Å²) in [6.07, 6.45) is 0.135. The predicted molar refractivity (Wildman–Crippen MR) is 68.6 cm³/mol. The highest BCUT2D eigenvalue weighted by Gasteiger charge is 2.19. The average molecular weight is 252 g/mol. The molecule has 2 unspecified atom stereocenters. The van der Waals surface area contributed by atoms with Crippen molar-refractivity contribution >= 4 is 5.97 Å². The molecule has 0 fully saturated rings. The van der Waals surface area contributed by atoms with Crippen molar-refractivity contribution in [3.63, 3.8) is 0 Å². The highest BCUT2D eigenvalue weighted by atomic mass is 16.5. The van der Waals surface area contributed by atoms with Gasteiger partial charge in [-0.2, -0.15) is 0 Å². The molecule has 0 spiro atoms. The maximum Gasteiger partial charge on any atom is 0.303 e. The van der Waals surface area contributed by atoms with Crippen molar-refractivity contribution in [2.24, 2.45) is 5.92 Å². The smallest absolute Gasteiger partial charge is 0.303 e. The van der Waals surface area contributed by atoms with Crippen LogP contribution in [0.5, 0.6) is 5.75 Å². The van der Waals surface area contributed by atoms with Gasteiger partial charge in [0, 0.05) is 0 Å². The van der Waals surface area contributed by atoms with Crippen LogP contribution >= 0.6 is 0 Å². The number of ether oxygens (including phenoxy) is 1. The van der Waals surface area contributed by atoms with Gasteiger partial charge in [0.15, 0.2) is 0 Å². The molecule has 4 nitrogen and oxygen atoms in total. The van der Waals surface area contributed by atoms with Crippen molar-refractivity contribution in [1.82, 2.24) is 0 Å². The second kappa shape index (κ2) is 7.01. The number of carbonyl (C=O) groups is 1. The first kappa shape index (κ1) is 14.5. The molecule has 100 valence electrons. The number of hydrogen-bond donors (Lipinski definition) is 2. The normalized spacial score (nSPS) is 13.9. The van der Waals surface area contributed by atoms with Crippen molar-refractivity contribution in [2.45, 2.75) is 32.8 Å². The van der Waals surface area contributed by atoms with Gasteiger partial charge in [-0.3, -0.25) is 4.79 Å². The van der Waals surface area contributed by atoms with E-state index >= 15 is 0 Å². The van der Waals surface area contributed by atoms with Gasteiger partial charge in [-0.1, -0.05) is 26.0 Å². The van der Waals surface area contributed by atoms with E-state index in [1.54, 1.807) is 31.2 Å². The molecule has 1 rings (SSSR count). The third kappa shape index (κ3) is 4.37. The van der Waals surface area contributed by atoms with Gasteiger partial charge in [0.2, 0.25) is 0 Å². The van der Waals surface area contributed by atoms with Gasteiger partial charge in [0.05, 0.1) is 19.1 Å². The van der Waals surface area contributed by atoms with Gasteiger partial charge in [-0.25, -0.2) is 0 Å². The Morgan fingerprint density at radius 2 is 1.94 bits per heavy atom. The van der Waals surface area contributed by atoms with E-state index in [1.165, 1.54) is 0 Å². The number of rotatable bonds is 7. The van der Waals surface area contributed by atoms with Crippen LogP contribution in [0.1, 0.15) is 38.4 Å². The molecule has 0 bridgehead atoms. The van der Waals surface area contributed by atoms with E-state index in [0.717, 1.165) is 12.2 Å². The Balaban J connectivity index is 2.63. The third-order valence-electron chi connectivity index (χ3n) is 2.73. The fraction of sp³-hybridized carbons (Fsp3) is 0.500. The lowest BCUT2D eigenvalue weighted by atomic mass is 9.95. The maximum atomic E-state index is 10.6. The molecule has 0 saturated carbocycles. The molecule has 0 radical (unpaired) electrons. The largest absolute Gasteiger partial charge is 0.494 e. The summed E-state index contributed by atoms with van der Waals surface area (Å²) >= 11 is 0. The number of hydrogen-bond acceptors (Lipinski definition) is 3. The molecule has 2 N–H and O–H groups in total. The zero-order chi connectivity index (χ0) is 13.5. The Hall–Kier alpha value is -1.55. The van der Waals surface area contributed by atoms with E-state index < -0.39 is 12.1 Å². The second-order valence-electron chi connectivity index (χ2n) is 4.44. The minimum Gasteiger partial charge on any atom is -0.494 e. The van der Waals surface area contributed by atoms with Gasteiger partial charge in [0.25, 0.3) is 0 Å². The Kier molecular flexibility index (Phi) is 5.65. The van der Waals surface area contributed by atoms with Crippen LogP contribution in [0.4, 0.5) is 0 Å². The summed E-state index contributed by atoms with van der Waals surface area (Å²) in [4.78, 5) is 10.6. The summed E-state index contributed by atoms with van der Waals surface area (Å²) in [6.45, 7) is 4.42. The molecule has 0 aliphatic carbocycles. The topological polar surface area (TPSA) is 66.8 Å². The summed E-state index contributed by atoms with van der Waals surface area (Å²) in [5, 5.41) is 18.7. The molecule has 2 atom stereocenters. The predicted octanol–water partition coefficient (Wildman–Crippen LogP) is 2.62. The quantitative estimate of drug-likeness (QED) is 0.782. The number of aliphatic hydroxyl groups is 1. The van der Waals surface area contributed by atoms with Gasteiger partial charge in [-0.05, 0) is 30.0 Å². The molecular formula is C14H20O4. The summed E-state index contributed by atoms with van der Waals surface area (Å²) in [7, 11) is 0. The van der Waals surface area contributed by atoms with Crippen LogP contribution in [0, 0.1) is 5.92 Å². The Labute approximate surface area is 107 Å². The first-order valence-corrected chi connectivity index (χ1v) is 6.17. The number of carboxylic acids is 1. The van der Waals surface area contributed by atoms with E-state index in [-0.39, 0.29) is 12.3 Å². The lowest BCUT2D eigenvalue weighted by molar-refractivity contribution is -0.139. The van der Waals surface area contributed by atoms with E-state index in [9.17, 15) is 9.90 Å². The van der Waals surface area contributed by atoms with Crippen LogP contribution in [0.3, 0.4) is 0 Å². The summed E-state index contributed by atoms with van der Waals surface area (Å²) < 4.78 is 5.44. The van der Waals surface area contributed by atoms with Crippen LogP contribution in [-0.4, -0.2) is 22.8 Å². The number of aliphatic carboxylic acids is 1. The summed E-state index contributed by atoms with van der Waals surface area (Å²) in [6, 6.07) is 7.13. The summed E-state index contributed by atoms with van der Waals surface area (Å²) in [5.74, 6) is -0.451. The summed E-state index contributed by atoms with van der Waals surface area (Å²) in [5.41, 5.74) is 0.715. The van der Waals surface area contributed by atoms with E-state index in [0.29, 0.717) is 12.2 Å². The number of benzene rings is 1. The maximum absolute atomic E-state index is 10.6. The molecule has 4 heteroatoms. The van der Waals surface area contributed by atoms with Crippen molar-refractivity contribution in [2.75, 3.05) is 6.61 Å².